The van der Waals surface area contributed by atoms with Gasteiger partial charge in [0, 0.05) is 23.1 Å². The van der Waals surface area contributed by atoms with Crippen molar-refractivity contribution in [3.8, 4) is 0 Å². The van der Waals surface area contributed by atoms with Crippen LogP contribution < -0.4 is 5.32 Å². The summed E-state index contributed by atoms with van der Waals surface area (Å²) in [6.45, 7) is 4.92. The Bertz CT molecular complexity index is 482. The first kappa shape index (κ1) is 12.6. The van der Waals surface area contributed by atoms with E-state index < -0.39 is 0 Å². The number of aryl methyl sites for hydroxylation is 1. The van der Waals surface area contributed by atoms with Crippen LogP contribution in [0.1, 0.15) is 29.1 Å². The van der Waals surface area contributed by atoms with Crippen molar-refractivity contribution in [2.75, 3.05) is 0 Å². The summed E-state index contributed by atoms with van der Waals surface area (Å²) in [5.41, 5.74) is 2.31. The number of thiazole rings is 1. The molecule has 2 nitrogen and oxygen atoms in total. The van der Waals surface area contributed by atoms with E-state index in [1.54, 1.807) is 11.3 Å². The number of aromatic nitrogens is 1. The van der Waals surface area contributed by atoms with Gasteiger partial charge in [0.15, 0.2) is 0 Å². The number of hydrogen-bond acceptors (Lipinski definition) is 3. The van der Waals surface area contributed by atoms with E-state index in [0.717, 1.165) is 22.1 Å². The van der Waals surface area contributed by atoms with Gasteiger partial charge in [0.2, 0.25) is 0 Å². The van der Waals surface area contributed by atoms with E-state index in [1.807, 2.05) is 24.6 Å². The summed E-state index contributed by atoms with van der Waals surface area (Å²) in [7, 11) is 0. The van der Waals surface area contributed by atoms with E-state index in [2.05, 4.69) is 29.4 Å². The lowest BCUT2D eigenvalue weighted by atomic mass is 10.1. The van der Waals surface area contributed by atoms with Gasteiger partial charge < -0.3 is 5.32 Å². The average Bonchev–Trinajstić information content (AvgIpc) is 2.81. The molecule has 0 radical (unpaired) electrons. The maximum Gasteiger partial charge on any atom is 0.109 e. The second kappa shape index (κ2) is 5.63. The monoisotopic (exact) mass is 266 g/mol. The summed E-state index contributed by atoms with van der Waals surface area (Å²) in [6.07, 6.45) is 1.83. The van der Waals surface area contributed by atoms with E-state index >= 15 is 0 Å². The SMILES string of the molecule is Cc1ccc(CNC(C)c2nccs2)c(Cl)c1. The van der Waals surface area contributed by atoms with Gasteiger partial charge in [0.1, 0.15) is 5.01 Å². The molecule has 0 saturated heterocycles. The summed E-state index contributed by atoms with van der Waals surface area (Å²) < 4.78 is 0. The van der Waals surface area contributed by atoms with Gasteiger partial charge in [-0.25, -0.2) is 4.98 Å². The van der Waals surface area contributed by atoms with Crippen molar-refractivity contribution in [3.63, 3.8) is 0 Å². The molecule has 2 aromatic rings. The molecule has 1 unspecified atom stereocenters. The van der Waals surface area contributed by atoms with Gasteiger partial charge in [-0.05, 0) is 31.0 Å². The highest BCUT2D eigenvalue weighted by molar-refractivity contribution is 7.09. The van der Waals surface area contributed by atoms with Crippen molar-refractivity contribution in [2.45, 2.75) is 26.4 Å². The average molecular weight is 267 g/mol. The second-order valence-corrected chi connectivity index (χ2v) is 5.40. The Morgan fingerprint density at radius 1 is 1.47 bits per heavy atom. The van der Waals surface area contributed by atoms with E-state index in [0.29, 0.717) is 0 Å². The predicted molar refractivity (Wildman–Crippen MR) is 73.6 cm³/mol. The molecule has 17 heavy (non-hydrogen) atoms. The standard InChI is InChI=1S/C13H15ClN2S/c1-9-3-4-11(12(14)7-9)8-16-10(2)13-15-5-6-17-13/h3-7,10,16H,8H2,1-2H3. The van der Waals surface area contributed by atoms with Crippen LogP contribution in [0.3, 0.4) is 0 Å². The molecule has 0 bridgehead atoms. The lowest BCUT2D eigenvalue weighted by Crippen LogP contribution is -2.18. The van der Waals surface area contributed by atoms with E-state index in [4.69, 9.17) is 11.6 Å². The third kappa shape index (κ3) is 3.28. The Morgan fingerprint density at radius 3 is 2.94 bits per heavy atom. The van der Waals surface area contributed by atoms with E-state index in [9.17, 15) is 0 Å². The minimum atomic E-state index is 0.257. The minimum Gasteiger partial charge on any atom is -0.304 e. The molecule has 4 heteroatoms. The van der Waals surface area contributed by atoms with Gasteiger partial charge in [0.05, 0.1) is 6.04 Å². The Morgan fingerprint density at radius 2 is 2.29 bits per heavy atom. The van der Waals surface area contributed by atoms with Gasteiger partial charge in [0.25, 0.3) is 0 Å². The van der Waals surface area contributed by atoms with Crippen LogP contribution in [-0.2, 0) is 6.54 Å². The molecule has 0 amide bonds. The van der Waals surface area contributed by atoms with Crippen molar-refractivity contribution < 1.29 is 0 Å². The van der Waals surface area contributed by atoms with Crippen LogP contribution in [0.2, 0.25) is 5.02 Å². The van der Waals surface area contributed by atoms with Crippen molar-refractivity contribution >= 4 is 22.9 Å². The Kier molecular flexibility index (Phi) is 4.15. The molecule has 0 saturated carbocycles. The zero-order valence-electron chi connectivity index (χ0n) is 9.90. The molecule has 0 spiro atoms. The number of rotatable bonds is 4. The highest BCUT2D eigenvalue weighted by Gasteiger charge is 2.08. The molecule has 90 valence electrons. The third-order valence-electron chi connectivity index (χ3n) is 2.63. The van der Waals surface area contributed by atoms with Gasteiger partial charge >= 0.3 is 0 Å². The molecule has 1 atom stereocenters. The van der Waals surface area contributed by atoms with Gasteiger partial charge in [-0.15, -0.1) is 11.3 Å². The molecule has 0 aliphatic heterocycles. The topological polar surface area (TPSA) is 24.9 Å². The van der Waals surface area contributed by atoms with Crippen LogP contribution in [-0.4, -0.2) is 4.98 Å². The number of halogens is 1. The lowest BCUT2D eigenvalue weighted by Gasteiger charge is -2.12. The number of nitrogens with zero attached hydrogens (tertiary/aromatic N) is 1. The Hall–Kier alpha value is -0.900. The van der Waals surface area contributed by atoms with Crippen LogP contribution in [0.4, 0.5) is 0 Å². The van der Waals surface area contributed by atoms with Crippen LogP contribution in [0, 0.1) is 6.92 Å². The summed E-state index contributed by atoms with van der Waals surface area (Å²) in [5.74, 6) is 0. The maximum absolute atomic E-state index is 6.18. The minimum absolute atomic E-state index is 0.257. The number of hydrogen-bond donors (Lipinski definition) is 1. The first-order chi connectivity index (χ1) is 8.16. The number of nitrogens with one attached hydrogen (secondary N) is 1. The summed E-state index contributed by atoms with van der Waals surface area (Å²) in [6, 6.07) is 6.40. The number of benzene rings is 1. The first-order valence-electron chi connectivity index (χ1n) is 5.54. The molecular weight excluding hydrogens is 252 g/mol. The fraction of sp³-hybridized carbons (Fsp3) is 0.308. The van der Waals surface area contributed by atoms with Crippen LogP contribution in [0.5, 0.6) is 0 Å². The van der Waals surface area contributed by atoms with Gasteiger partial charge in [-0.1, -0.05) is 23.7 Å². The van der Waals surface area contributed by atoms with Crippen LogP contribution >= 0.6 is 22.9 Å². The molecule has 1 aromatic heterocycles. The van der Waals surface area contributed by atoms with E-state index in [1.165, 1.54) is 5.56 Å². The van der Waals surface area contributed by atoms with Gasteiger partial charge in [-0.3, -0.25) is 0 Å². The third-order valence-corrected chi connectivity index (χ3v) is 3.94. The maximum atomic E-state index is 6.18. The second-order valence-electron chi connectivity index (χ2n) is 4.07. The first-order valence-corrected chi connectivity index (χ1v) is 6.80. The van der Waals surface area contributed by atoms with Crippen LogP contribution in [0.25, 0.3) is 0 Å². The molecule has 1 heterocycles. The molecule has 0 aliphatic carbocycles. The molecular formula is C13H15ClN2S. The molecule has 0 fully saturated rings. The lowest BCUT2D eigenvalue weighted by molar-refractivity contribution is 0.572. The zero-order chi connectivity index (χ0) is 12.3. The van der Waals surface area contributed by atoms with E-state index in [-0.39, 0.29) is 6.04 Å². The largest absolute Gasteiger partial charge is 0.304 e. The normalized spacial score (nSPS) is 12.6. The Balaban J connectivity index is 1.98. The summed E-state index contributed by atoms with van der Waals surface area (Å²) in [5, 5.41) is 7.35. The molecule has 1 aromatic carbocycles. The molecule has 2 rings (SSSR count). The fourth-order valence-electron chi connectivity index (χ4n) is 1.59. The Labute approximate surface area is 111 Å². The summed E-state index contributed by atoms with van der Waals surface area (Å²) in [4.78, 5) is 4.29. The van der Waals surface area contributed by atoms with Crippen molar-refractivity contribution in [3.05, 3.63) is 50.9 Å². The zero-order valence-corrected chi connectivity index (χ0v) is 11.5. The quantitative estimate of drug-likeness (QED) is 0.906. The van der Waals surface area contributed by atoms with Crippen molar-refractivity contribution in [1.82, 2.24) is 10.3 Å². The van der Waals surface area contributed by atoms with Crippen molar-refractivity contribution in [2.24, 2.45) is 0 Å². The molecule has 0 aliphatic rings. The highest BCUT2D eigenvalue weighted by atomic mass is 35.5. The predicted octanol–water partition coefficient (Wildman–Crippen LogP) is 3.96. The van der Waals surface area contributed by atoms with Crippen molar-refractivity contribution in [1.29, 1.82) is 0 Å². The highest BCUT2D eigenvalue weighted by Crippen LogP contribution is 2.20. The smallest absolute Gasteiger partial charge is 0.109 e. The molecule has 1 N–H and O–H groups in total. The van der Waals surface area contributed by atoms with Crippen LogP contribution in [0.15, 0.2) is 29.8 Å². The summed E-state index contributed by atoms with van der Waals surface area (Å²) >= 11 is 7.85. The fourth-order valence-corrected chi connectivity index (χ4v) is 2.57. The van der Waals surface area contributed by atoms with Gasteiger partial charge in [-0.2, -0.15) is 0 Å².